The number of unbranched alkanes of at least 4 members (excludes halogenated alkanes) is 4. The molecule has 25 heavy (non-hydrogen) atoms. The normalized spacial score (nSPS) is 38.2. The van der Waals surface area contributed by atoms with Crippen molar-refractivity contribution in [1.82, 2.24) is 0 Å². The fourth-order valence-corrected chi connectivity index (χ4v) is 6.53. The summed E-state index contributed by atoms with van der Waals surface area (Å²) in [5, 5.41) is 0. The first-order valence-corrected chi connectivity index (χ1v) is 11.9. The summed E-state index contributed by atoms with van der Waals surface area (Å²) in [5.74, 6) is 5.31. The maximum absolute atomic E-state index is 6.28. The molecule has 3 aliphatic rings. The average Bonchev–Trinajstić information content (AvgIpc) is 2.65. The molecule has 3 fully saturated rings. The zero-order valence-corrected chi connectivity index (χ0v) is 17.2. The minimum Gasteiger partial charge on any atom is -0.378 e. The fraction of sp³-hybridized carbons (Fsp3) is 1.00. The standard InChI is InChI=1S/C24H44O/c1-3-5-7-8-16-25-22-13-15-24-21(18-22)12-11-20-17-19(9-6-4-2)10-14-23(20)24/h19-24H,3-18H2,1-2H3/t19-,20?,21?,22-,23?,24?/m0/s1. The van der Waals surface area contributed by atoms with E-state index in [1.54, 1.807) is 19.3 Å². The van der Waals surface area contributed by atoms with Crippen LogP contribution in [0.2, 0.25) is 0 Å². The first kappa shape index (κ1) is 19.7. The molecule has 3 saturated carbocycles. The lowest BCUT2D eigenvalue weighted by atomic mass is 9.56. The molecule has 0 saturated heterocycles. The number of fused-ring (bicyclic) bond motifs is 3. The van der Waals surface area contributed by atoms with E-state index in [0.717, 1.165) is 36.2 Å². The van der Waals surface area contributed by atoms with Crippen LogP contribution in [0.3, 0.4) is 0 Å². The molecule has 0 amide bonds. The van der Waals surface area contributed by atoms with E-state index in [0.29, 0.717) is 6.10 Å². The van der Waals surface area contributed by atoms with E-state index in [9.17, 15) is 0 Å². The summed E-state index contributed by atoms with van der Waals surface area (Å²) in [7, 11) is 0. The van der Waals surface area contributed by atoms with Gasteiger partial charge in [0.15, 0.2) is 0 Å². The van der Waals surface area contributed by atoms with E-state index in [-0.39, 0.29) is 0 Å². The Bertz CT molecular complexity index is 365. The molecule has 1 heteroatoms. The zero-order chi connectivity index (χ0) is 17.5. The van der Waals surface area contributed by atoms with Crippen molar-refractivity contribution in [1.29, 1.82) is 0 Å². The predicted molar refractivity (Wildman–Crippen MR) is 108 cm³/mol. The lowest BCUT2D eigenvalue weighted by Crippen LogP contribution is -2.42. The fourth-order valence-electron chi connectivity index (χ4n) is 6.53. The molecule has 0 aromatic carbocycles. The van der Waals surface area contributed by atoms with Gasteiger partial charge in [-0.1, -0.05) is 58.8 Å². The van der Waals surface area contributed by atoms with Crippen LogP contribution in [0, 0.1) is 29.6 Å². The van der Waals surface area contributed by atoms with Crippen molar-refractivity contribution < 1.29 is 4.74 Å². The lowest BCUT2D eigenvalue weighted by molar-refractivity contribution is -0.0539. The minimum atomic E-state index is 0.598. The van der Waals surface area contributed by atoms with Gasteiger partial charge in [-0.25, -0.2) is 0 Å². The van der Waals surface area contributed by atoms with Crippen LogP contribution in [-0.4, -0.2) is 12.7 Å². The molecule has 0 spiro atoms. The van der Waals surface area contributed by atoms with Gasteiger partial charge < -0.3 is 4.74 Å². The highest BCUT2D eigenvalue weighted by molar-refractivity contribution is 4.94. The van der Waals surface area contributed by atoms with Crippen LogP contribution in [0.1, 0.15) is 110 Å². The molecule has 0 bridgehead atoms. The van der Waals surface area contributed by atoms with Crippen LogP contribution in [0.25, 0.3) is 0 Å². The smallest absolute Gasteiger partial charge is 0.0578 e. The third-order valence-corrected chi connectivity index (χ3v) is 7.92. The van der Waals surface area contributed by atoms with Gasteiger partial charge >= 0.3 is 0 Å². The molecule has 0 N–H and O–H groups in total. The molecule has 3 aliphatic carbocycles. The van der Waals surface area contributed by atoms with Crippen LogP contribution in [0.15, 0.2) is 0 Å². The van der Waals surface area contributed by atoms with Crippen LogP contribution in [0.4, 0.5) is 0 Å². The highest BCUT2D eigenvalue weighted by Crippen LogP contribution is 2.53. The predicted octanol–water partition coefficient (Wildman–Crippen LogP) is 7.38. The monoisotopic (exact) mass is 348 g/mol. The Labute approximate surface area is 157 Å². The highest BCUT2D eigenvalue weighted by Gasteiger charge is 2.44. The van der Waals surface area contributed by atoms with Crippen LogP contribution in [-0.2, 0) is 4.74 Å². The average molecular weight is 349 g/mol. The van der Waals surface area contributed by atoms with Crippen molar-refractivity contribution in [2.24, 2.45) is 29.6 Å². The van der Waals surface area contributed by atoms with Gasteiger partial charge in [0.1, 0.15) is 0 Å². The Morgan fingerprint density at radius 1 is 0.680 bits per heavy atom. The molecular formula is C24H44O. The number of rotatable bonds is 9. The second-order valence-electron chi connectivity index (χ2n) is 9.61. The van der Waals surface area contributed by atoms with Gasteiger partial charge in [0.05, 0.1) is 6.10 Å². The molecule has 146 valence electrons. The van der Waals surface area contributed by atoms with Crippen LogP contribution < -0.4 is 0 Å². The molecule has 0 aromatic heterocycles. The van der Waals surface area contributed by atoms with E-state index in [4.69, 9.17) is 4.74 Å². The Balaban J connectivity index is 1.41. The lowest BCUT2D eigenvalue weighted by Gasteiger charge is -2.50. The Morgan fingerprint density at radius 3 is 2.16 bits per heavy atom. The first-order chi connectivity index (χ1) is 12.3. The summed E-state index contributed by atoms with van der Waals surface area (Å²) in [6.45, 7) is 5.66. The molecule has 0 heterocycles. The maximum Gasteiger partial charge on any atom is 0.0578 e. The third kappa shape index (κ3) is 5.47. The van der Waals surface area contributed by atoms with Gasteiger partial charge in [0.25, 0.3) is 0 Å². The summed E-state index contributed by atoms with van der Waals surface area (Å²) in [6, 6.07) is 0. The second-order valence-corrected chi connectivity index (χ2v) is 9.61. The summed E-state index contributed by atoms with van der Waals surface area (Å²) < 4.78 is 6.28. The SMILES string of the molecule is CCCCCCO[C@H]1CCC2C(CCC3C[C@@H](CCCC)CCC32)C1. The summed E-state index contributed by atoms with van der Waals surface area (Å²) in [5.41, 5.74) is 0. The maximum atomic E-state index is 6.28. The molecule has 0 aliphatic heterocycles. The van der Waals surface area contributed by atoms with Crippen LogP contribution in [0.5, 0.6) is 0 Å². The molecule has 4 unspecified atom stereocenters. The van der Waals surface area contributed by atoms with Crippen molar-refractivity contribution in [3.05, 3.63) is 0 Å². The van der Waals surface area contributed by atoms with E-state index in [1.165, 1.54) is 77.0 Å². The molecular weight excluding hydrogens is 304 g/mol. The van der Waals surface area contributed by atoms with E-state index >= 15 is 0 Å². The first-order valence-electron chi connectivity index (χ1n) is 11.9. The number of hydrogen-bond donors (Lipinski definition) is 0. The second kappa shape index (κ2) is 10.3. The topological polar surface area (TPSA) is 9.23 Å². The van der Waals surface area contributed by atoms with Gasteiger partial charge in [-0.2, -0.15) is 0 Å². The summed E-state index contributed by atoms with van der Waals surface area (Å²) in [6.07, 6.45) is 22.3. The molecule has 0 aromatic rings. The highest BCUT2D eigenvalue weighted by atomic mass is 16.5. The van der Waals surface area contributed by atoms with Gasteiger partial charge in [-0.15, -0.1) is 0 Å². The van der Waals surface area contributed by atoms with Crippen molar-refractivity contribution in [3.63, 3.8) is 0 Å². The minimum absolute atomic E-state index is 0.598. The van der Waals surface area contributed by atoms with Crippen molar-refractivity contribution in [3.8, 4) is 0 Å². The molecule has 0 radical (unpaired) electrons. The Morgan fingerprint density at radius 2 is 1.40 bits per heavy atom. The van der Waals surface area contributed by atoms with E-state index < -0.39 is 0 Å². The van der Waals surface area contributed by atoms with Gasteiger partial charge in [0, 0.05) is 6.61 Å². The summed E-state index contributed by atoms with van der Waals surface area (Å²) in [4.78, 5) is 0. The number of ether oxygens (including phenoxy) is 1. The Kier molecular flexibility index (Phi) is 8.15. The van der Waals surface area contributed by atoms with Gasteiger partial charge in [0.2, 0.25) is 0 Å². The number of hydrogen-bond acceptors (Lipinski definition) is 1. The largest absolute Gasteiger partial charge is 0.378 e. The zero-order valence-electron chi connectivity index (χ0n) is 17.2. The third-order valence-electron chi connectivity index (χ3n) is 7.92. The van der Waals surface area contributed by atoms with Gasteiger partial charge in [-0.05, 0) is 81.0 Å². The van der Waals surface area contributed by atoms with Crippen molar-refractivity contribution in [2.45, 2.75) is 116 Å². The van der Waals surface area contributed by atoms with Crippen molar-refractivity contribution >= 4 is 0 Å². The van der Waals surface area contributed by atoms with Gasteiger partial charge in [-0.3, -0.25) is 0 Å². The Hall–Kier alpha value is -0.0400. The molecule has 3 rings (SSSR count). The van der Waals surface area contributed by atoms with E-state index in [2.05, 4.69) is 13.8 Å². The summed E-state index contributed by atoms with van der Waals surface area (Å²) >= 11 is 0. The molecule has 1 nitrogen and oxygen atoms in total. The molecule has 6 atom stereocenters. The van der Waals surface area contributed by atoms with Crippen molar-refractivity contribution in [2.75, 3.05) is 6.61 Å². The quantitative estimate of drug-likeness (QED) is 0.395. The van der Waals surface area contributed by atoms with E-state index in [1.807, 2.05) is 0 Å². The van der Waals surface area contributed by atoms with Crippen LogP contribution >= 0.6 is 0 Å².